The fourth-order valence-corrected chi connectivity index (χ4v) is 1.73. The van der Waals surface area contributed by atoms with Gasteiger partial charge in [-0.2, -0.15) is 0 Å². The topological polar surface area (TPSA) is 41.1 Å². The molecule has 2 N–H and O–H groups in total. The molecule has 0 aliphatic carbocycles. The molecule has 0 saturated heterocycles. The Kier molecular flexibility index (Phi) is 5.99. The Balaban J connectivity index is 2.79. The van der Waals surface area contributed by atoms with Crippen LogP contribution >= 0.6 is 11.6 Å². The average Bonchev–Trinajstić information content (AvgIpc) is 2.37. The maximum absolute atomic E-state index is 12.1. The lowest BCUT2D eigenvalue weighted by Crippen LogP contribution is -2.28. The van der Waals surface area contributed by atoms with Crippen molar-refractivity contribution in [2.75, 3.05) is 18.4 Å². The van der Waals surface area contributed by atoms with E-state index in [1.54, 1.807) is 12.1 Å². The first-order valence-electron chi connectivity index (χ1n) is 6.40. The zero-order chi connectivity index (χ0) is 13.5. The van der Waals surface area contributed by atoms with Gasteiger partial charge >= 0.3 is 0 Å². The van der Waals surface area contributed by atoms with E-state index in [1.165, 1.54) is 0 Å². The van der Waals surface area contributed by atoms with Crippen LogP contribution in [0.1, 0.15) is 37.6 Å². The molecule has 18 heavy (non-hydrogen) atoms. The van der Waals surface area contributed by atoms with Crippen molar-refractivity contribution in [1.82, 2.24) is 5.32 Å². The minimum absolute atomic E-state index is 0.0752. The number of carbonyl (C=O) groups excluding carboxylic acids is 1. The van der Waals surface area contributed by atoms with Crippen molar-refractivity contribution >= 4 is 23.2 Å². The summed E-state index contributed by atoms with van der Waals surface area (Å²) in [7, 11) is 0. The molecule has 0 radical (unpaired) electrons. The Bertz CT molecular complexity index is 407. The quantitative estimate of drug-likeness (QED) is 0.828. The van der Waals surface area contributed by atoms with Crippen LogP contribution in [0.25, 0.3) is 0 Å². The normalized spacial score (nSPS) is 12.0. The highest BCUT2D eigenvalue weighted by atomic mass is 35.5. The number of halogens is 1. The molecule has 1 atom stereocenters. The van der Waals surface area contributed by atoms with E-state index < -0.39 is 0 Å². The van der Waals surface area contributed by atoms with E-state index in [2.05, 4.69) is 24.5 Å². The molecule has 1 aromatic rings. The fourth-order valence-electron chi connectivity index (χ4n) is 1.56. The van der Waals surface area contributed by atoms with Gasteiger partial charge in [0.25, 0.3) is 5.91 Å². The second-order valence-corrected chi connectivity index (χ2v) is 4.88. The van der Waals surface area contributed by atoms with Gasteiger partial charge in [0.15, 0.2) is 0 Å². The van der Waals surface area contributed by atoms with Gasteiger partial charge in [0.2, 0.25) is 0 Å². The van der Waals surface area contributed by atoms with Crippen molar-refractivity contribution in [2.24, 2.45) is 5.92 Å². The Morgan fingerprint density at radius 1 is 1.39 bits per heavy atom. The van der Waals surface area contributed by atoms with Crippen molar-refractivity contribution in [3.63, 3.8) is 0 Å². The third-order valence-corrected chi connectivity index (χ3v) is 3.14. The molecular weight excluding hydrogens is 248 g/mol. The van der Waals surface area contributed by atoms with Crippen molar-refractivity contribution in [1.29, 1.82) is 0 Å². The van der Waals surface area contributed by atoms with Crippen LogP contribution in [0.3, 0.4) is 0 Å². The zero-order valence-corrected chi connectivity index (χ0v) is 12.0. The summed E-state index contributed by atoms with van der Waals surface area (Å²) in [5.74, 6) is 0.407. The molecule has 1 unspecified atom stereocenters. The van der Waals surface area contributed by atoms with Crippen molar-refractivity contribution in [3.05, 3.63) is 28.8 Å². The molecule has 0 heterocycles. The predicted molar refractivity (Wildman–Crippen MR) is 77.4 cm³/mol. The number of rotatable bonds is 6. The maximum Gasteiger partial charge on any atom is 0.253 e. The number of nitrogens with one attached hydrogen (secondary N) is 2. The first kappa shape index (κ1) is 14.8. The Morgan fingerprint density at radius 2 is 2.11 bits per heavy atom. The monoisotopic (exact) mass is 268 g/mol. The summed E-state index contributed by atoms with van der Waals surface area (Å²) in [5, 5.41) is 6.68. The van der Waals surface area contributed by atoms with Crippen LogP contribution < -0.4 is 10.6 Å². The van der Waals surface area contributed by atoms with Gasteiger partial charge in [-0.05, 0) is 31.0 Å². The number of carbonyl (C=O) groups is 1. The largest absolute Gasteiger partial charge is 0.385 e. The first-order valence-corrected chi connectivity index (χ1v) is 6.77. The third kappa shape index (κ3) is 4.22. The highest BCUT2D eigenvalue weighted by Gasteiger charge is 2.12. The van der Waals surface area contributed by atoms with Crippen LogP contribution in [0.4, 0.5) is 5.69 Å². The molecule has 1 amide bonds. The standard InChI is InChI=1S/C14H21ClN2O/c1-4-10(3)9-17-14(18)12-8-11(15)6-7-13(12)16-5-2/h6-8,10,16H,4-5,9H2,1-3H3,(H,17,18). The van der Waals surface area contributed by atoms with Crippen LogP contribution in [0, 0.1) is 5.92 Å². The third-order valence-electron chi connectivity index (χ3n) is 2.90. The molecule has 0 fully saturated rings. The van der Waals surface area contributed by atoms with Crippen LogP contribution in [0.15, 0.2) is 18.2 Å². The minimum atomic E-state index is -0.0752. The van der Waals surface area contributed by atoms with Gasteiger partial charge in [-0.3, -0.25) is 4.79 Å². The molecule has 0 aliphatic heterocycles. The number of amides is 1. The average molecular weight is 269 g/mol. The van der Waals surface area contributed by atoms with Gasteiger partial charge in [-0.25, -0.2) is 0 Å². The molecule has 0 bridgehead atoms. The van der Waals surface area contributed by atoms with E-state index >= 15 is 0 Å². The van der Waals surface area contributed by atoms with Gasteiger partial charge in [-0.1, -0.05) is 31.9 Å². The highest BCUT2D eigenvalue weighted by Crippen LogP contribution is 2.20. The molecule has 1 rings (SSSR count). The van der Waals surface area contributed by atoms with E-state index in [0.717, 1.165) is 18.7 Å². The molecule has 100 valence electrons. The molecule has 4 heteroatoms. The van der Waals surface area contributed by atoms with Crippen LogP contribution in [-0.2, 0) is 0 Å². The second kappa shape index (κ2) is 7.27. The van der Waals surface area contributed by atoms with Crippen LogP contribution in [0.5, 0.6) is 0 Å². The number of benzene rings is 1. The van der Waals surface area contributed by atoms with Crippen LogP contribution in [-0.4, -0.2) is 19.0 Å². The van der Waals surface area contributed by atoms with Gasteiger partial charge in [0, 0.05) is 23.8 Å². The van der Waals surface area contributed by atoms with Gasteiger partial charge in [0.05, 0.1) is 5.56 Å². The maximum atomic E-state index is 12.1. The van der Waals surface area contributed by atoms with Crippen molar-refractivity contribution in [3.8, 4) is 0 Å². The lowest BCUT2D eigenvalue weighted by molar-refractivity contribution is 0.0948. The van der Waals surface area contributed by atoms with Crippen molar-refractivity contribution < 1.29 is 4.79 Å². The smallest absolute Gasteiger partial charge is 0.253 e. The highest BCUT2D eigenvalue weighted by molar-refractivity contribution is 6.31. The molecule has 1 aromatic carbocycles. The van der Waals surface area contributed by atoms with Crippen molar-refractivity contribution in [2.45, 2.75) is 27.2 Å². The summed E-state index contributed by atoms with van der Waals surface area (Å²) in [6.07, 6.45) is 1.05. The zero-order valence-electron chi connectivity index (χ0n) is 11.2. The van der Waals surface area contributed by atoms with Gasteiger partial charge in [-0.15, -0.1) is 0 Å². The number of anilines is 1. The Hall–Kier alpha value is -1.22. The molecule has 3 nitrogen and oxygen atoms in total. The number of hydrogen-bond acceptors (Lipinski definition) is 2. The lowest BCUT2D eigenvalue weighted by Gasteiger charge is -2.13. The SMILES string of the molecule is CCNc1ccc(Cl)cc1C(=O)NCC(C)CC. The fraction of sp³-hybridized carbons (Fsp3) is 0.500. The Morgan fingerprint density at radius 3 is 2.72 bits per heavy atom. The summed E-state index contributed by atoms with van der Waals surface area (Å²) < 4.78 is 0. The van der Waals surface area contributed by atoms with Gasteiger partial charge < -0.3 is 10.6 Å². The van der Waals surface area contributed by atoms with E-state index in [0.29, 0.717) is 23.0 Å². The molecule has 0 aromatic heterocycles. The minimum Gasteiger partial charge on any atom is -0.385 e. The van der Waals surface area contributed by atoms with Crippen LogP contribution in [0.2, 0.25) is 5.02 Å². The van der Waals surface area contributed by atoms with E-state index in [4.69, 9.17) is 11.6 Å². The lowest BCUT2D eigenvalue weighted by atomic mass is 10.1. The summed E-state index contributed by atoms with van der Waals surface area (Å²) in [6.45, 7) is 7.68. The van der Waals surface area contributed by atoms with E-state index in [1.807, 2.05) is 13.0 Å². The Labute approximate surface area is 114 Å². The summed E-state index contributed by atoms with van der Waals surface area (Å²) in [5.41, 5.74) is 1.43. The molecule has 0 aliphatic rings. The molecule has 0 spiro atoms. The summed E-state index contributed by atoms with van der Waals surface area (Å²) in [6, 6.07) is 5.32. The predicted octanol–water partition coefficient (Wildman–Crippen LogP) is 3.55. The first-order chi connectivity index (χ1) is 8.58. The van der Waals surface area contributed by atoms with E-state index in [9.17, 15) is 4.79 Å². The second-order valence-electron chi connectivity index (χ2n) is 4.44. The summed E-state index contributed by atoms with van der Waals surface area (Å²) in [4.78, 5) is 12.1. The summed E-state index contributed by atoms with van der Waals surface area (Å²) >= 11 is 5.94. The molecular formula is C14H21ClN2O. The number of hydrogen-bond donors (Lipinski definition) is 2. The van der Waals surface area contributed by atoms with E-state index in [-0.39, 0.29) is 5.91 Å². The molecule has 0 saturated carbocycles. The van der Waals surface area contributed by atoms with Gasteiger partial charge in [0.1, 0.15) is 0 Å².